The molecule has 1 aromatic heterocycles. The van der Waals surface area contributed by atoms with E-state index in [-0.39, 0.29) is 0 Å². The lowest BCUT2D eigenvalue weighted by atomic mass is 10.2. The molecule has 0 atom stereocenters. The Morgan fingerprint density at radius 1 is 1.22 bits per heavy atom. The number of hydrogen-bond donors (Lipinski definition) is 2. The summed E-state index contributed by atoms with van der Waals surface area (Å²) in [5.41, 5.74) is 1.21. The maximum absolute atomic E-state index is 8.75. The summed E-state index contributed by atoms with van der Waals surface area (Å²) in [6.07, 6.45) is 1.45. The molecule has 2 N–H and O–H groups in total. The minimum atomic E-state index is 0.471. The summed E-state index contributed by atoms with van der Waals surface area (Å²) in [6.45, 7) is 0. The summed E-state index contributed by atoms with van der Waals surface area (Å²) >= 11 is 6.06. The summed E-state index contributed by atoms with van der Waals surface area (Å²) < 4.78 is 0. The van der Waals surface area contributed by atoms with Gasteiger partial charge in [0.1, 0.15) is 18.0 Å². The van der Waals surface area contributed by atoms with Crippen LogP contribution in [0.3, 0.4) is 0 Å². The van der Waals surface area contributed by atoms with Crippen LogP contribution >= 0.6 is 11.6 Å². The maximum Gasteiger partial charge on any atom is 0.135 e. The normalized spacial score (nSPS) is 9.61. The molecular formula is C12H10ClN5. The van der Waals surface area contributed by atoms with Crippen molar-refractivity contribution in [3.8, 4) is 6.07 Å². The molecule has 0 saturated carbocycles. The van der Waals surface area contributed by atoms with E-state index in [2.05, 4.69) is 20.6 Å². The molecule has 2 rings (SSSR count). The summed E-state index contributed by atoms with van der Waals surface area (Å²) in [6, 6.07) is 8.82. The minimum absolute atomic E-state index is 0.471. The maximum atomic E-state index is 8.75. The predicted molar refractivity (Wildman–Crippen MR) is 71.0 cm³/mol. The molecule has 2 aromatic rings. The highest BCUT2D eigenvalue weighted by Crippen LogP contribution is 2.25. The van der Waals surface area contributed by atoms with Gasteiger partial charge < -0.3 is 10.6 Å². The zero-order valence-corrected chi connectivity index (χ0v) is 10.4. The van der Waals surface area contributed by atoms with Crippen LogP contribution in [0.1, 0.15) is 5.56 Å². The Morgan fingerprint density at radius 3 is 2.67 bits per heavy atom. The number of anilines is 3. The van der Waals surface area contributed by atoms with E-state index in [0.29, 0.717) is 27.9 Å². The number of halogens is 1. The average Bonchev–Trinajstić information content (AvgIpc) is 2.41. The fourth-order valence-corrected chi connectivity index (χ4v) is 1.61. The van der Waals surface area contributed by atoms with Gasteiger partial charge in [-0.15, -0.1) is 0 Å². The summed E-state index contributed by atoms with van der Waals surface area (Å²) in [5, 5.41) is 15.2. The molecule has 0 amide bonds. The van der Waals surface area contributed by atoms with E-state index >= 15 is 0 Å². The molecule has 18 heavy (non-hydrogen) atoms. The quantitative estimate of drug-likeness (QED) is 0.887. The Bertz CT molecular complexity index is 606. The predicted octanol–water partition coefficient (Wildman–Crippen LogP) is 2.79. The lowest BCUT2D eigenvalue weighted by Crippen LogP contribution is -1.98. The number of nitrogens with one attached hydrogen (secondary N) is 2. The van der Waals surface area contributed by atoms with E-state index in [1.54, 1.807) is 31.3 Å². The van der Waals surface area contributed by atoms with Gasteiger partial charge in [0.05, 0.1) is 22.3 Å². The number of nitrogens with zero attached hydrogens (tertiary/aromatic N) is 3. The van der Waals surface area contributed by atoms with Gasteiger partial charge in [-0.2, -0.15) is 5.26 Å². The van der Waals surface area contributed by atoms with Gasteiger partial charge >= 0.3 is 0 Å². The van der Waals surface area contributed by atoms with E-state index in [4.69, 9.17) is 16.9 Å². The molecule has 0 spiro atoms. The van der Waals surface area contributed by atoms with Gasteiger partial charge in [0.15, 0.2) is 0 Å². The van der Waals surface area contributed by atoms with E-state index < -0.39 is 0 Å². The molecule has 0 aliphatic carbocycles. The first-order chi connectivity index (χ1) is 8.72. The smallest absolute Gasteiger partial charge is 0.135 e. The van der Waals surface area contributed by atoms with Crippen molar-refractivity contribution in [3.05, 3.63) is 41.2 Å². The van der Waals surface area contributed by atoms with Gasteiger partial charge in [-0.25, -0.2) is 9.97 Å². The molecule has 90 valence electrons. The number of nitriles is 1. The standard InChI is InChI=1S/C12H10ClN5/c1-15-11-5-12(17-7-16-11)18-10-3-2-8(6-14)4-9(10)13/h2-5,7H,1H3,(H2,15,16,17,18). The van der Waals surface area contributed by atoms with Crippen LogP contribution in [0.25, 0.3) is 0 Å². The van der Waals surface area contributed by atoms with E-state index in [1.807, 2.05) is 6.07 Å². The Morgan fingerprint density at radius 2 is 2.00 bits per heavy atom. The van der Waals surface area contributed by atoms with Gasteiger partial charge in [0, 0.05) is 13.1 Å². The molecule has 6 heteroatoms. The van der Waals surface area contributed by atoms with Crippen molar-refractivity contribution in [2.75, 3.05) is 17.7 Å². The van der Waals surface area contributed by atoms with Crippen LogP contribution in [0.4, 0.5) is 17.3 Å². The molecule has 1 heterocycles. The van der Waals surface area contributed by atoms with Gasteiger partial charge in [-0.3, -0.25) is 0 Å². The highest BCUT2D eigenvalue weighted by atomic mass is 35.5. The number of hydrogen-bond acceptors (Lipinski definition) is 5. The highest BCUT2D eigenvalue weighted by molar-refractivity contribution is 6.33. The largest absolute Gasteiger partial charge is 0.373 e. The van der Waals surface area contributed by atoms with Gasteiger partial charge in [0.2, 0.25) is 0 Å². The van der Waals surface area contributed by atoms with Crippen molar-refractivity contribution in [2.24, 2.45) is 0 Å². The van der Waals surface area contributed by atoms with Crippen molar-refractivity contribution >= 4 is 28.9 Å². The van der Waals surface area contributed by atoms with E-state index in [9.17, 15) is 0 Å². The van der Waals surface area contributed by atoms with Crippen LogP contribution in [-0.2, 0) is 0 Å². The van der Waals surface area contributed by atoms with E-state index in [0.717, 1.165) is 0 Å². The molecule has 0 bridgehead atoms. The second-order valence-corrected chi connectivity index (χ2v) is 3.88. The van der Waals surface area contributed by atoms with Crippen LogP contribution in [0.15, 0.2) is 30.6 Å². The molecule has 0 unspecified atom stereocenters. The highest BCUT2D eigenvalue weighted by Gasteiger charge is 2.03. The van der Waals surface area contributed by atoms with Crippen LogP contribution in [-0.4, -0.2) is 17.0 Å². The molecular weight excluding hydrogens is 250 g/mol. The van der Waals surface area contributed by atoms with Crippen LogP contribution < -0.4 is 10.6 Å². The Labute approximate surface area is 109 Å². The second-order valence-electron chi connectivity index (χ2n) is 3.47. The first-order valence-electron chi connectivity index (χ1n) is 5.19. The Balaban J connectivity index is 2.26. The van der Waals surface area contributed by atoms with Gasteiger partial charge in [0.25, 0.3) is 0 Å². The third-order valence-corrected chi connectivity index (χ3v) is 2.60. The van der Waals surface area contributed by atoms with Crippen molar-refractivity contribution < 1.29 is 0 Å². The zero-order valence-electron chi connectivity index (χ0n) is 9.61. The third kappa shape index (κ3) is 2.67. The van der Waals surface area contributed by atoms with Gasteiger partial charge in [-0.1, -0.05) is 11.6 Å². The molecule has 0 fully saturated rings. The SMILES string of the molecule is CNc1cc(Nc2ccc(C#N)cc2Cl)ncn1. The summed E-state index contributed by atoms with van der Waals surface area (Å²) in [7, 11) is 1.78. The molecule has 5 nitrogen and oxygen atoms in total. The molecule has 0 aliphatic heterocycles. The Kier molecular flexibility index (Phi) is 3.60. The molecule has 0 aliphatic rings. The first-order valence-corrected chi connectivity index (χ1v) is 5.57. The van der Waals surface area contributed by atoms with E-state index in [1.165, 1.54) is 6.33 Å². The monoisotopic (exact) mass is 259 g/mol. The minimum Gasteiger partial charge on any atom is -0.373 e. The Hall–Kier alpha value is -2.32. The lowest BCUT2D eigenvalue weighted by Gasteiger charge is -2.08. The third-order valence-electron chi connectivity index (χ3n) is 2.28. The van der Waals surface area contributed by atoms with Crippen LogP contribution in [0.5, 0.6) is 0 Å². The number of benzene rings is 1. The van der Waals surface area contributed by atoms with Crippen molar-refractivity contribution in [3.63, 3.8) is 0 Å². The van der Waals surface area contributed by atoms with Crippen molar-refractivity contribution in [1.82, 2.24) is 9.97 Å². The lowest BCUT2D eigenvalue weighted by molar-refractivity contribution is 1.16. The van der Waals surface area contributed by atoms with Crippen LogP contribution in [0, 0.1) is 11.3 Å². The second kappa shape index (κ2) is 5.34. The van der Waals surface area contributed by atoms with Crippen molar-refractivity contribution in [1.29, 1.82) is 5.26 Å². The summed E-state index contributed by atoms with van der Waals surface area (Å²) in [4.78, 5) is 8.09. The molecule has 0 radical (unpaired) electrons. The fraction of sp³-hybridized carbons (Fsp3) is 0.0833. The molecule has 1 aromatic carbocycles. The number of aromatic nitrogens is 2. The molecule has 0 saturated heterocycles. The zero-order chi connectivity index (χ0) is 13.0. The first kappa shape index (κ1) is 12.1. The topological polar surface area (TPSA) is 73.6 Å². The summed E-state index contributed by atoms with van der Waals surface area (Å²) in [5.74, 6) is 1.33. The van der Waals surface area contributed by atoms with Crippen molar-refractivity contribution in [2.45, 2.75) is 0 Å². The van der Waals surface area contributed by atoms with Crippen LogP contribution in [0.2, 0.25) is 5.02 Å². The fourth-order valence-electron chi connectivity index (χ4n) is 1.39. The average molecular weight is 260 g/mol. The van der Waals surface area contributed by atoms with Gasteiger partial charge in [-0.05, 0) is 18.2 Å². The number of rotatable bonds is 3.